The normalized spacial score (nSPS) is 12.4. The predicted molar refractivity (Wildman–Crippen MR) is 124 cm³/mol. The molecule has 29 heavy (non-hydrogen) atoms. The molecule has 1 amide bonds. The molecule has 0 aromatic heterocycles. The minimum Gasteiger partial charge on any atom is -0.394 e. The van der Waals surface area contributed by atoms with Crippen LogP contribution in [0, 0.1) is 6.92 Å². The first kappa shape index (κ1) is 25.4. The number of aliphatic hydroxyl groups excluding tert-OH is 1. The predicted octanol–water partition coefficient (Wildman–Crippen LogP) is 5.59. The van der Waals surface area contributed by atoms with Crippen molar-refractivity contribution >= 4 is 12.1 Å². The van der Waals surface area contributed by atoms with E-state index in [0.717, 1.165) is 24.0 Å². The summed E-state index contributed by atoms with van der Waals surface area (Å²) in [6, 6.07) is 7.14. The van der Waals surface area contributed by atoms with Gasteiger partial charge in [0.2, 0.25) is 5.91 Å². The van der Waals surface area contributed by atoms with Gasteiger partial charge in [0.25, 0.3) is 0 Å². The summed E-state index contributed by atoms with van der Waals surface area (Å²) in [6.45, 7) is 4.65. The number of amides is 1. The fraction of sp³-hybridized carbons (Fsp3) is 0.680. The van der Waals surface area contributed by atoms with Crippen molar-refractivity contribution in [3.63, 3.8) is 0 Å². The second-order valence-corrected chi connectivity index (χ2v) is 8.01. The molecular weight excluding hydrogens is 360 g/mol. The standard InChI is InChI=1S/C25H42N2O2/c1-3-4-5-6-7-8-9-10-11-12-13-16-19-26-25(29)24(21-28)27-20-23-18-15-14-17-22(23)2/h14-15,17-18,20,24,28H,3-13,16,19,21H2,1-2H3,(H,26,29)/t24-/m0/s1. The van der Waals surface area contributed by atoms with Gasteiger partial charge in [0.05, 0.1) is 6.61 Å². The fourth-order valence-corrected chi connectivity index (χ4v) is 3.40. The van der Waals surface area contributed by atoms with Crippen LogP contribution in [0.5, 0.6) is 0 Å². The summed E-state index contributed by atoms with van der Waals surface area (Å²) < 4.78 is 0. The summed E-state index contributed by atoms with van der Waals surface area (Å²) in [5.74, 6) is -0.194. The third-order valence-electron chi connectivity index (χ3n) is 5.39. The summed E-state index contributed by atoms with van der Waals surface area (Å²) in [5.41, 5.74) is 2.07. The Bertz CT molecular complexity index is 572. The molecule has 0 unspecified atom stereocenters. The summed E-state index contributed by atoms with van der Waals surface area (Å²) in [5, 5.41) is 12.4. The van der Waals surface area contributed by atoms with E-state index >= 15 is 0 Å². The molecule has 1 atom stereocenters. The third-order valence-corrected chi connectivity index (χ3v) is 5.39. The van der Waals surface area contributed by atoms with Gasteiger partial charge in [-0.05, 0) is 24.5 Å². The maximum Gasteiger partial charge on any atom is 0.247 e. The molecule has 1 aromatic rings. The van der Waals surface area contributed by atoms with E-state index in [1.54, 1.807) is 6.21 Å². The van der Waals surface area contributed by atoms with Gasteiger partial charge in [-0.1, -0.05) is 102 Å². The zero-order valence-corrected chi connectivity index (χ0v) is 18.7. The van der Waals surface area contributed by atoms with Gasteiger partial charge < -0.3 is 10.4 Å². The van der Waals surface area contributed by atoms with E-state index in [1.165, 1.54) is 64.2 Å². The minimum absolute atomic E-state index is 0.194. The smallest absolute Gasteiger partial charge is 0.247 e. The van der Waals surface area contributed by atoms with Crippen LogP contribution in [0.25, 0.3) is 0 Å². The fourth-order valence-electron chi connectivity index (χ4n) is 3.40. The van der Waals surface area contributed by atoms with E-state index in [9.17, 15) is 9.90 Å². The summed E-state index contributed by atoms with van der Waals surface area (Å²) in [7, 11) is 0. The molecule has 0 aliphatic carbocycles. The van der Waals surface area contributed by atoms with Crippen molar-refractivity contribution in [1.82, 2.24) is 5.32 Å². The van der Waals surface area contributed by atoms with Crippen molar-refractivity contribution in [3.8, 4) is 0 Å². The number of benzene rings is 1. The van der Waals surface area contributed by atoms with Gasteiger partial charge >= 0.3 is 0 Å². The van der Waals surface area contributed by atoms with Gasteiger partial charge in [0.15, 0.2) is 6.04 Å². The van der Waals surface area contributed by atoms with Crippen LogP contribution >= 0.6 is 0 Å². The van der Waals surface area contributed by atoms with Crippen LogP contribution < -0.4 is 5.32 Å². The zero-order chi connectivity index (χ0) is 21.2. The lowest BCUT2D eigenvalue weighted by atomic mass is 10.1. The van der Waals surface area contributed by atoms with Crippen molar-refractivity contribution < 1.29 is 9.90 Å². The van der Waals surface area contributed by atoms with E-state index in [0.29, 0.717) is 6.54 Å². The van der Waals surface area contributed by atoms with Gasteiger partial charge in [-0.3, -0.25) is 9.79 Å². The Labute approximate surface area is 178 Å². The number of carbonyl (C=O) groups is 1. The van der Waals surface area contributed by atoms with Crippen molar-refractivity contribution in [1.29, 1.82) is 0 Å². The Balaban J connectivity index is 2.05. The van der Waals surface area contributed by atoms with Gasteiger partial charge in [-0.25, -0.2) is 0 Å². The number of aliphatic hydroxyl groups is 1. The molecule has 2 N–H and O–H groups in total. The zero-order valence-electron chi connectivity index (χ0n) is 18.7. The molecule has 1 aromatic carbocycles. The number of aliphatic imine (C=N–C) groups is 1. The lowest BCUT2D eigenvalue weighted by Gasteiger charge is -2.10. The van der Waals surface area contributed by atoms with Crippen molar-refractivity contribution in [2.24, 2.45) is 4.99 Å². The number of nitrogens with one attached hydrogen (secondary N) is 1. The van der Waals surface area contributed by atoms with Crippen LogP contribution in [-0.2, 0) is 4.79 Å². The van der Waals surface area contributed by atoms with Gasteiger partial charge in [-0.15, -0.1) is 0 Å². The second-order valence-electron chi connectivity index (χ2n) is 8.01. The average molecular weight is 403 g/mol. The molecule has 4 nitrogen and oxygen atoms in total. The van der Waals surface area contributed by atoms with E-state index < -0.39 is 6.04 Å². The number of carbonyl (C=O) groups excluding carboxylic acids is 1. The Kier molecular flexibility index (Phi) is 15.0. The third kappa shape index (κ3) is 12.5. The first-order valence-electron chi connectivity index (χ1n) is 11.7. The Morgan fingerprint density at radius 1 is 0.966 bits per heavy atom. The highest BCUT2D eigenvalue weighted by atomic mass is 16.3. The number of nitrogens with zero attached hydrogens (tertiary/aromatic N) is 1. The molecule has 0 fully saturated rings. The molecule has 0 aliphatic rings. The van der Waals surface area contributed by atoms with E-state index in [-0.39, 0.29) is 12.5 Å². The second kappa shape index (κ2) is 17.2. The molecule has 0 saturated carbocycles. The number of unbranched alkanes of at least 4 members (excludes halogenated alkanes) is 11. The van der Waals surface area contributed by atoms with Crippen LogP contribution in [0.3, 0.4) is 0 Å². The van der Waals surface area contributed by atoms with Gasteiger partial charge in [0, 0.05) is 12.8 Å². The summed E-state index contributed by atoms with van der Waals surface area (Å²) in [6.07, 6.45) is 17.3. The number of hydrogen-bond acceptors (Lipinski definition) is 3. The quantitative estimate of drug-likeness (QED) is 0.263. The topological polar surface area (TPSA) is 61.7 Å². The van der Waals surface area contributed by atoms with Crippen molar-refractivity contribution in [3.05, 3.63) is 35.4 Å². The van der Waals surface area contributed by atoms with Crippen LogP contribution in [0.4, 0.5) is 0 Å². The van der Waals surface area contributed by atoms with Crippen LogP contribution in [0.2, 0.25) is 0 Å². The molecule has 0 spiro atoms. The molecule has 164 valence electrons. The van der Waals surface area contributed by atoms with Gasteiger partial charge in [0.1, 0.15) is 0 Å². The minimum atomic E-state index is -0.730. The van der Waals surface area contributed by atoms with Gasteiger partial charge in [-0.2, -0.15) is 0 Å². The monoisotopic (exact) mass is 402 g/mol. The average Bonchev–Trinajstić information content (AvgIpc) is 2.73. The maximum absolute atomic E-state index is 12.2. The van der Waals surface area contributed by atoms with Crippen molar-refractivity contribution in [2.75, 3.05) is 13.2 Å². The molecule has 0 heterocycles. The first-order valence-corrected chi connectivity index (χ1v) is 11.7. The number of hydrogen-bond donors (Lipinski definition) is 2. The molecule has 0 bridgehead atoms. The Morgan fingerprint density at radius 2 is 1.52 bits per heavy atom. The lowest BCUT2D eigenvalue weighted by molar-refractivity contribution is -0.123. The molecule has 0 saturated heterocycles. The molecular formula is C25H42N2O2. The first-order chi connectivity index (χ1) is 14.2. The van der Waals surface area contributed by atoms with E-state index in [4.69, 9.17) is 0 Å². The van der Waals surface area contributed by atoms with Crippen molar-refractivity contribution in [2.45, 2.75) is 96.9 Å². The Morgan fingerprint density at radius 3 is 2.07 bits per heavy atom. The highest BCUT2D eigenvalue weighted by Crippen LogP contribution is 2.11. The molecule has 1 rings (SSSR count). The van der Waals surface area contributed by atoms with E-state index in [2.05, 4.69) is 17.2 Å². The molecule has 4 heteroatoms. The van der Waals surface area contributed by atoms with Crippen LogP contribution in [-0.4, -0.2) is 36.4 Å². The largest absolute Gasteiger partial charge is 0.394 e. The van der Waals surface area contributed by atoms with E-state index in [1.807, 2.05) is 31.2 Å². The van der Waals surface area contributed by atoms with Crippen LogP contribution in [0.1, 0.15) is 95.1 Å². The molecule has 0 radical (unpaired) electrons. The summed E-state index contributed by atoms with van der Waals surface area (Å²) >= 11 is 0. The summed E-state index contributed by atoms with van der Waals surface area (Å²) in [4.78, 5) is 16.5. The maximum atomic E-state index is 12.2. The number of rotatable bonds is 17. The van der Waals surface area contributed by atoms with Crippen LogP contribution in [0.15, 0.2) is 29.3 Å². The lowest BCUT2D eigenvalue weighted by Crippen LogP contribution is -2.36. The molecule has 0 aliphatic heterocycles. The SMILES string of the molecule is CCCCCCCCCCCCCCNC(=O)[C@H](CO)N=Cc1ccccc1C. The highest BCUT2D eigenvalue weighted by Gasteiger charge is 2.14. The Hall–Kier alpha value is -1.68. The number of aryl methyl sites for hydroxylation is 1. The highest BCUT2D eigenvalue weighted by molar-refractivity contribution is 5.87.